The maximum Gasteiger partial charge on any atom is 0.419 e. The van der Waals surface area contributed by atoms with E-state index in [0.717, 1.165) is 12.1 Å². The maximum absolute atomic E-state index is 12.9. The molecule has 1 aromatic carbocycles. The first-order chi connectivity index (χ1) is 10.8. The summed E-state index contributed by atoms with van der Waals surface area (Å²) in [4.78, 5) is 15.8. The Labute approximate surface area is 135 Å². The number of hydrogen-bond donors (Lipinski definition) is 1. The van der Waals surface area contributed by atoms with E-state index in [9.17, 15) is 18.0 Å². The lowest BCUT2D eigenvalue weighted by Gasteiger charge is -2.18. The second kappa shape index (κ2) is 6.87. The number of nitrogens with one attached hydrogen (secondary N) is 1. The minimum absolute atomic E-state index is 0.256. The van der Waals surface area contributed by atoms with Gasteiger partial charge >= 0.3 is 6.18 Å². The summed E-state index contributed by atoms with van der Waals surface area (Å²) in [5.41, 5.74) is -0.577. The number of halogens is 4. The molecular formula is C15H12ClF3N2O2. The van der Waals surface area contributed by atoms with Crippen LogP contribution < -0.4 is 10.1 Å². The van der Waals surface area contributed by atoms with Gasteiger partial charge in [0.25, 0.3) is 5.91 Å². The summed E-state index contributed by atoms with van der Waals surface area (Å²) >= 11 is 5.62. The molecule has 0 radical (unpaired) electrons. The van der Waals surface area contributed by atoms with Crippen molar-refractivity contribution < 1.29 is 22.7 Å². The molecule has 8 heteroatoms. The molecule has 1 amide bonds. The average Bonchev–Trinajstić information content (AvgIpc) is 2.49. The van der Waals surface area contributed by atoms with Crippen LogP contribution in [0.4, 0.5) is 18.9 Å². The topological polar surface area (TPSA) is 51.2 Å². The Morgan fingerprint density at radius 3 is 2.57 bits per heavy atom. The molecule has 2 rings (SSSR count). The number of benzene rings is 1. The number of ether oxygens (including phenoxy) is 1. The maximum atomic E-state index is 12.9. The number of hydrogen-bond acceptors (Lipinski definition) is 3. The fraction of sp³-hybridized carbons (Fsp3) is 0.200. The van der Waals surface area contributed by atoms with Crippen molar-refractivity contribution in [2.75, 3.05) is 5.32 Å². The minimum atomic E-state index is -4.56. The summed E-state index contributed by atoms with van der Waals surface area (Å²) in [5, 5.41) is 2.74. The van der Waals surface area contributed by atoms with Gasteiger partial charge < -0.3 is 10.1 Å². The van der Waals surface area contributed by atoms with E-state index < -0.39 is 29.5 Å². The molecule has 0 bridgehead atoms. The molecular weight excluding hydrogens is 333 g/mol. The summed E-state index contributed by atoms with van der Waals surface area (Å²) in [6, 6.07) is 7.70. The summed E-state index contributed by atoms with van der Waals surface area (Å²) in [6.07, 6.45) is -4.36. The molecule has 2 aromatic rings. The van der Waals surface area contributed by atoms with Crippen molar-refractivity contribution in [2.45, 2.75) is 19.2 Å². The lowest BCUT2D eigenvalue weighted by molar-refractivity contribution is -0.140. The van der Waals surface area contributed by atoms with Gasteiger partial charge in [-0.25, -0.2) is 4.98 Å². The first-order valence-corrected chi connectivity index (χ1v) is 6.90. The fourth-order valence-electron chi connectivity index (χ4n) is 1.74. The molecule has 1 N–H and O–H groups in total. The van der Waals surface area contributed by atoms with Crippen molar-refractivity contribution in [3.63, 3.8) is 0 Å². The molecule has 1 heterocycles. The van der Waals surface area contributed by atoms with Crippen LogP contribution in [-0.4, -0.2) is 17.0 Å². The molecule has 23 heavy (non-hydrogen) atoms. The van der Waals surface area contributed by atoms with Crippen molar-refractivity contribution in [3.05, 3.63) is 53.3 Å². The second-order valence-corrected chi connectivity index (χ2v) is 5.00. The van der Waals surface area contributed by atoms with Gasteiger partial charge in [-0.05, 0) is 31.2 Å². The normalized spacial score (nSPS) is 12.6. The van der Waals surface area contributed by atoms with Crippen LogP contribution in [0.1, 0.15) is 12.5 Å². The van der Waals surface area contributed by atoms with E-state index in [1.807, 2.05) is 0 Å². The number of nitrogens with zero attached hydrogens (tertiary/aromatic N) is 1. The molecule has 0 spiro atoms. The van der Waals surface area contributed by atoms with E-state index in [0.29, 0.717) is 5.69 Å². The van der Waals surface area contributed by atoms with E-state index >= 15 is 0 Å². The molecule has 0 aliphatic rings. The van der Waals surface area contributed by atoms with Crippen LogP contribution in [0, 0.1) is 0 Å². The highest BCUT2D eigenvalue weighted by Gasteiger charge is 2.34. The van der Waals surface area contributed by atoms with Gasteiger partial charge in [0.1, 0.15) is 10.9 Å². The van der Waals surface area contributed by atoms with Crippen LogP contribution in [0.15, 0.2) is 42.6 Å². The molecule has 0 saturated carbocycles. The van der Waals surface area contributed by atoms with Gasteiger partial charge in [-0.2, -0.15) is 13.2 Å². The first-order valence-electron chi connectivity index (χ1n) is 6.52. The van der Waals surface area contributed by atoms with Gasteiger partial charge in [-0.15, -0.1) is 0 Å². The van der Waals surface area contributed by atoms with E-state index in [4.69, 9.17) is 16.3 Å². The van der Waals surface area contributed by atoms with Crippen molar-refractivity contribution >= 4 is 23.2 Å². The smallest absolute Gasteiger partial charge is 0.419 e. The van der Waals surface area contributed by atoms with Crippen LogP contribution >= 0.6 is 11.6 Å². The summed E-state index contributed by atoms with van der Waals surface area (Å²) in [5.74, 6) is -1.01. The van der Waals surface area contributed by atoms with Crippen LogP contribution in [0.5, 0.6) is 5.75 Å². The molecule has 0 fully saturated rings. The van der Waals surface area contributed by atoms with E-state index in [1.165, 1.54) is 37.4 Å². The molecule has 4 nitrogen and oxygen atoms in total. The van der Waals surface area contributed by atoms with Crippen molar-refractivity contribution in [1.29, 1.82) is 0 Å². The lowest BCUT2D eigenvalue weighted by atomic mass is 10.2. The van der Waals surface area contributed by atoms with Gasteiger partial charge in [0.2, 0.25) is 0 Å². The standard InChI is InChI=1S/C15H12ClF3N2O2/c1-9(14(22)21-10-6-7-13(16)20-8-10)23-12-5-3-2-4-11(12)15(17,18)19/h2-9H,1H3,(H,21,22). The Kier molecular flexibility index (Phi) is 5.10. The molecule has 122 valence electrons. The number of aromatic nitrogens is 1. The van der Waals surface area contributed by atoms with Gasteiger partial charge in [0.15, 0.2) is 6.10 Å². The largest absolute Gasteiger partial charge is 0.480 e. The van der Waals surface area contributed by atoms with Gasteiger partial charge in [-0.1, -0.05) is 23.7 Å². The molecule has 1 aromatic heterocycles. The number of anilines is 1. The number of para-hydroxylation sites is 1. The average molecular weight is 345 g/mol. The SMILES string of the molecule is CC(Oc1ccccc1C(F)(F)F)C(=O)Nc1ccc(Cl)nc1. The molecule has 0 aliphatic heterocycles. The van der Waals surface area contributed by atoms with Crippen molar-refractivity contribution in [1.82, 2.24) is 4.98 Å². The van der Waals surface area contributed by atoms with Gasteiger partial charge in [0.05, 0.1) is 17.4 Å². The molecule has 1 unspecified atom stereocenters. The van der Waals surface area contributed by atoms with Crippen LogP contribution in [0.25, 0.3) is 0 Å². The zero-order valence-electron chi connectivity index (χ0n) is 11.9. The molecule has 0 saturated heterocycles. The highest BCUT2D eigenvalue weighted by molar-refractivity contribution is 6.29. The third-order valence-corrected chi connectivity index (χ3v) is 3.08. The van der Waals surface area contributed by atoms with Crippen molar-refractivity contribution in [3.8, 4) is 5.75 Å². The van der Waals surface area contributed by atoms with E-state index in [-0.39, 0.29) is 5.15 Å². The Morgan fingerprint density at radius 1 is 1.26 bits per heavy atom. The van der Waals surface area contributed by atoms with Gasteiger partial charge in [-0.3, -0.25) is 4.79 Å². The summed E-state index contributed by atoms with van der Waals surface area (Å²) in [6.45, 7) is 1.35. The third kappa shape index (κ3) is 4.59. The zero-order valence-corrected chi connectivity index (χ0v) is 12.7. The quantitative estimate of drug-likeness (QED) is 0.847. The Balaban J connectivity index is 2.08. The highest BCUT2D eigenvalue weighted by atomic mass is 35.5. The zero-order chi connectivity index (χ0) is 17.0. The number of amides is 1. The monoisotopic (exact) mass is 344 g/mol. The van der Waals surface area contributed by atoms with E-state index in [2.05, 4.69) is 10.3 Å². The Bertz CT molecular complexity index is 690. The van der Waals surface area contributed by atoms with Crippen molar-refractivity contribution in [2.24, 2.45) is 0 Å². The molecule has 0 aliphatic carbocycles. The predicted molar refractivity (Wildman–Crippen MR) is 79.4 cm³/mol. The number of carbonyl (C=O) groups is 1. The number of pyridine rings is 1. The summed E-state index contributed by atoms with van der Waals surface area (Å²) in [7, 11) is 0. The third-order valence-electron chi connectivity index (χ3n) is 2.86. The van der Waals surface area contributed by atoms with Crippen LogP contribution in [0.3, 0.4) is 0 Å². The van der Waals surface area contributed by atoms with Crippen LogP contribution in [-0.2, 0) is 11.0 Å². The number of carbonyl (C=O) groups excluding carboxylic acids is 1. The van der Waals surface area contributed by atoms with Gasteiger partial charge in [0, 0.05) is 0 Å². The fourth-order valence-corrected chi connectivity index (χ4v) is 1.85. The Hall–Kier alpha value is -2.28. The number of alkyl halides is 3. The molecule has 1 atom stereocenters. The second-order valence-electron chi connectivity index (χ2n) is 4.61. The lowest BCUT2D eigenvalue weighted by Crippen LogP contribution is -2.30. The first kappa shape index (κ1) is 17.1. The summed E-state index contributed by atoms with van der Waals surface area (Å²) < 4.78 is 43.8. The minimum Gasteiger partial charge on any atom is -0.480 e. The number of rotatable bonds is 4. The van der Waals surface area contributed by atoms with Crippen LogP contribution in [0.2, 0.25) is 5.15 Å². The Morgan fingerprint density at radius 2 is 1.96 bits per heavy atom. The highest BCUT2D eigenvalue weighted by Crippen LogP contribution is 2.36. The predicted octanol–water partition coefficient (Wildman–Crippen LogP) is 4.16. The van der Waals surface area contributed by atoms with E-state index in [1.54, 1.807) is 0 Å².